The maximum absolute atomic E-state index is 12.5. The van der Waals surface area contributed by atoms with Gasteiger partial charge in [-0.3, -0.25) is 0 Å². The first-order chi connectivity index (χ1) is 10.5. The molecule has 124 valence electrons. The van der Waals surface area contributed by atoms with E-state index in [0.29, 0.717) is 24.0 Å². The minimum absolute atomic E-state index is 0.258. The predicted molar refractivity (Wildman–Crippen MR) is 90.4 cm³/mol. The van der Waals surface area contributed by atoms with E-state index in [9.17, 15) is 8.42 Å². The van der Waals surface area contributed by atoms with Crippen LogP contribution >= 0.6 is 0 Å². The van der Waals surface area contributed by atoms with Crippen LogP contribution in [0.25, 0.3) is 0 Å². The summed E-state index contributed by atoms with van der Waals surface area (Å²) >= 11 is 0. The van der Waals surface area contributed by atoms with Gasteiger partial charge in [-0.15, -0.1) is 0 Å². The molecule has 1 saturated carbocycles. The molecule has 1 fully saturated rings. The SMILES string of the molecule is CCN(CC)S(=O)(=O)c1ccc(C(C)NC2CCCC2)cc1. The zero-order chi connectivity index (χ0) is 16.2. The molecule has 0 aromatic heterocycles. The summed E-state index contributed by atoms with van der Waals surface area (Å²) in [6, 6.07) is 8.19. The van der Waals surface area contributed by atoms with Crippen molar-refractivity contribution in [3.8, 4) is 0 Å². The van der Waals surface area contributed by atoms with Crippen molar-refractivity contribution < 1.29 is 8.42 Å². The maximum Gasteiger partial charge on any atom is 0.243 e. The van der Waals surface area contributed by atoms with Gasteiger partial charge in [0.05, 0.1) is 4.90 Å². The molecule has 1 atom stereocenters. The molecule has 0 heterocycles. The van der Waals surface area contributed by atoms with Gasteiger partial charge in [0.2, 0.25) is 10.0 Å². The Morgan fingerprint density at radius 3 is 2.18 bits per heavy atom. The van der Waals surface area contributed by atoms with Gasteiger partial charge in [-0.1, -0.05) is 38.8 Å². The fourth-order valence-electron chi connectivity index (χ4n) is 3.18. The average molecular weight is 324 g/mol. The standard InChI is InChI=1S/C17H28N2O2S/c1-4-19(5-2)22(20,21)17-12-10-15(11-13-17)14(3)18-16-8-6-7-9-16/h10-14,16,18H,4-9H2,1-3H3. The van der Waals surface area contributed by atoms with Crippen molar-refractivity contribution in [2.24, 2.45) is 0 Å². The molecule has 0 amide bonds. The summed E-state index contributed by atoms with van der Waals surface area (Å²) in [6.07, 6.45) is 5.12. The van der Waals surface area contributed by atoms with Crippen molar-refractivity contribution in [2.45, 2.75) is 63.4 Å². The number of benzene rings is 1. The largest absolute Gasteiger partial charge is 0.307 e. The third kappa shape index (κ3) is 3.89. The van der Waals surface area contributed by atoms with Gasteiger partial charge in [0.15, 0.2) is 0 Å². The second kappa shape index (κ2) is 7.57. The summed E-state index contributed by atoms with van der Waals surface area (Å²) in [5.41, 5.74) is 1.14. The lowest BCUT2D eigenvalue weighted by molar-refractivity contribution is 0.445. The van der Waals surface area contributed by atoms with Gasteiger partial charge in [0.1, 0.15) is 0 Å². The smallest absolute Gasteiger partial charge is 0.243 e. The van der Waals surface area contributed by atoms with Crippen LogP contribution in [0.3, 0.4) is 0 Å². The first kappa shape index (κ1) is 17.4. The fraction of sp³-hybridized carbons (Fsp3) is 0.647. The zero-order valence-corrected chi connectivity index (χ0v) is 14.7. The Kier molecular flexibility index (Phi) is 6.01. The van der Waals surface area contributed by atoms with Crippen LogP contribution in [0, 0.1) is 0 Å². The molecule has 1 unspecified atom stereocenters. The maximum atomic E-state index is 12.5. The van der Waals surface area contributed by atoms with Crippen molar-refractivity contribution in [3.63, 3.8) is 0 Å². The molecular formula is C17H28N2O2S. The summed E-state index contributed by atoms with van der Waals surface area (Å²) in [4.78, 5) is 0.382. The Hall–Kier alpha value is -0.910. The van der Waals surface area contributed by atoms with Crippen molar-refractivity contribution in [3.05, 3.63) is 29.8 Å². The zero-order valence-electron chi connectivity index (χ0n) is 13.9. The van der Waals surface area contributed by atoms with E-state index in [1.165, 1.54) is 30.0 Å². The van der Waals surface area contributed by atoms with Gasteiger partial charge in [0.25, 0.3) is 0 Å². The molecule has 0 aliphatic heterocycles. The molecule has 4 nitrogen and oxygen atoms in total. The van der Waals surface area contributed by atoms with Crippen LogP contribution < -0.4 is 5.32 Å². The van der Waals surface area contributed by atoms with Crippen LogP contribution in [-0.4, -0.2) is 31.9 Å². The van der Waals surface area contributed by atoms with E-state index in [2.05, 4.69) is 12.2 Å². The van der Waals surface area contributed by atoms with E-state index in [-0.39, 0.29) is 6.04 Å². The molecular weight excluding hydrogens is 296 g/mol. The Morgan fingerprint density at radius 1 is 1.14 bits per heavy atom. The summed E-state index contributed by atoms with van der Waals surface area (Å²) in [6.45, 7) is 6.87. The monoisotopic (exact) mass is 324 g/mol. The number of hydrogen-bond donors (Lipinski definition) is 1. The predicted octanol–water partition coefficient (Wildman–Crippen LogP) is 3.31. The van der Waals surface area contributed by atoms with Crippen molar-refractivity contribution >= 4 is 10.0 Å². The average Bonchev–Trinajstić information content (AvgIpc) is 3.01. The molecule has 5 heteroatoms. The number of sulfonamides is 1. The van der Waals surface area contributed by atoms with E-state index in [0.717, 1.165) is 5.56 Å². The normalized spacial score (nSPS) is 18.0. The van der Waals surface area contributed by atoms with Crippen LogP contribution in [0.15, 0.2) is 29.2 Å². The van der Waals surface area contributed by atoms with Crippen LogP contribution in [0.1, 0.15) is 58.1 Å². The lowest BCUT2D eigenvalue weighted by Crippen LogP contribution is -2.31. The van der Waals surface area contributed by atoms with Crippen molar-refractivity contribution in [1.29, 1.82) is 0 Å². The Labute approximate surface area is 135 Å². The molecule has 1 N–H and O–H groups in total. The highest BCUT2D eigenvalue weighted by molar-refractivity contribution is 7.89. The number of nitrogens with zero attached hydrogens (tertiary/aromatic N) is 1. The van der Waals surface area contributed by atoms with E-state index in [4.69, 9.17) is 0 Å². The molecule has 0 saturated heterocycles. The van der Waals surface area contributed by atoms with Gasteiger partial charge in [0, 0.05) is 25.2 Å². The van der Waals surface area contributed by atoms with Gasteiger partial charge in [-0.2, -0.15) is 4.31 Å². The third-order valence-corrected chi connectivity index (χ3v) is 6.63. The summed E-state index contributed by atoms with van der Waals surface area (Å²) in [7, 11) is -3.35. The first-order valence-corrected chi connectivity index (χ1v) is 9.79. The molecule has 0 radical (unpaired) electrons. The molecule has 0 bridgehead atoms. The molecule has 1 aromatic rings. The summed E-state index contributed by atoms with van der Waals surface area (Å²) in [5, 5.41) is 3.64. The van der Waals surface area contributed by atoms with Gasteiger partial charge in [-0.05, 0) is 37.5 Å². The molecule has 1 aromatic carbocycles. The van der Waals surface area contributed by atoms with Gasteiger partial charge in [-0.25, -0.2) is 8.42 Å². The van der Waals surface area contributed by atoms with E-state index in [1.54, 1.807) is 12.1 Å². The Bertz CT molecular complexity index is 559. The summed E-state index contributed by atoms with van der Waals surface area (Å²) in [5.74, 6) is 0. The lowest BCUT2D eigenvalue weighted by atomic mass is 10.1. The van der Waals surface area contributed by atoms with E-state index < -0.39 is 10.0 Å². The van der Waals surface area contributed by atoms with Crippen molar-refractivity contribution in [1.82, 2.24) is 9.62 Å². The Morgan fingerprint density at radius 2 is 1.68 bits per heavy atom. The highest BCUT2D eigenvalue weighted by Crippen LogP contribution is 2.23. The second-order valence-corrected chi connectivity index (χ2v) is 7.97. The quantitative estimate of drug-likeness (QED) is 0.837. The number of rotatable bonds is 7. The van der Waals surface area contributed by atoms with Crippen LogP contribution in [0.5, 0.6) is 0 Å². The van der Waals surface area contributed by atoms with Gasteiger partial charge >= 0.3 is 0 Å². The van der Waals surface area contributed by atoms with E-state index >= 15 is 0 Å². The highest BCUT2D eigenvalue weighted by Gasteiger charge is 2.22. The number of nitrogens with one attached hydrogen (secondary N) is 1. The van der Waals surface area contributed by atoms with Crippen molar-refractivity contribution in [2.75, 3.05) is 13.1 Å². The van der Waals surface area contributed by atoms with Gasteiger partial charge < -0.3 is 5.32 Å². The number of hydrogen-bond acceptors (Lipinski definition) is 3. The molecule has 22 heavy (non-hydrogen) atoms. The second-order valence-electron chi connectivity index (χ2n) is 6.03. The summed E-state index contributed by atoms with van der Waals surface area (Å²) < 4.78 is 26.4. The lowest BCUT2D eigenvalue weighted by Gasteiger charge is -2.21. The first-order valence-electron chi connectivity index (χ1n) is 8.35. The van der Waals surface area contributed by atoms with Crippen LogP contribution in [0.4, 0.5) is 0 Å². The third-order valence-electron chi connectivity index (χ3n) is 4.56. The minimum atomic E-state index is -3.35. The van der Waals surface area contributed by atoms with E-state index in [1.807, 2.05) is 26.0 Å². The fourth-order valence-corrected chi connectivity index (χ4v) is 4.64. The minimum Gasteiger partial charge on any atom is -0.307 e. The molecule has 0 spiro atoms. The molecule has 1 aliphatic carbocycles. The highest BCUT2D eigenvalue weighted by atomic mass is 32.2. The van der Waals surface area contributed by atoms with Crippen LogP contribution in [0.2, 0.25) is 0 Å². The topological polar surface area (TPSA) is 49.4 Å². The molecule has 1 aliphatic rings. The Balaban J connectivity index is 2.09. The van der Waals surface area contributed by atoms with Crippen LogP contribution in [-0.2, 0) is 10.0 Å². The molecule has 2 rings (SSSR count).